The van der Waals surface area contributed by atoms with E-state index in [1.807, 2.05) is 6.92 Å². The number of anilines is 1. The first kappa shape index (κ1) is 15.0. The molecule has 0 radical (unpaired) electrons. The fourth-order valence-electron chi connectivity index (χ4n) is 2.90. The summed E-state index contributed by atoms with van der Waals surface area (Å²) in [6, 6.07) is 13.3. The van der Waals surface area contributed by atoms with Crippen LogP contribution in [0.4, 0.5) is 5.82 Å². The van der Waals surface area contributed by atoms with E-state index in [1.165, 1.54) is 11.1 Å². The predicted octanol–water partition coefficient (Wildman–Crippen LogP) is 3.17. The molecular formula is C18H24N4. The first-order valence-electron chi connectivity index (χ1n) is 8.04. The Balaban J connectivity index is 1.50. The van der Waals surface area contributed by atoms with E-state index in [-0.39, 0.29) is 0 Å². The highest BCUT2D eigenvalue weighted by atomic mass is 15.2. The Morgan fingerprint density at radius 2 is 1.82 bits per heavy atom. The summed E-state index contributed by atoms with van der Waals surface area (Å²) in [6.07, 6.45) is 2.31. The lowest BCUT2D eigenvalue weighted by atomic mass is 10.0. The first-order chi connectivity index (χ1) is 10.7. The lowest BCUT2D eigenvalue weighted by molar-refractivity contribution is 0.211. The van der Waals surface area contributed by atoms with Gasteiger partial charge in [-0.3, -0.25) is 4.90 Å². The van der Waals surface area contributed by atoms with Gasteiger partial charge >= 0.3 is 0 Å². The zero-order valence-electron chi connectivity index (χ0n) is 13.4. The van der Waals surface area contributed by atoms with Crippen LogP contribution < -0.4 is 5.32 Å². The molecule has 1 fully saturated rings. The van der Waals surface area contributed by atoms with Crippen molar-refractivity contribution in [3.8, 4) is 0 Å². The van der Waals surface area contributed by atoms with Gasteiger partial charge in [0, 0.05) is 25.7 Å². The van der Waals surface area contributed by atoms with Crippen LogP contribution in [0.25, 0.3) is 0 Å². The number of hydrogen-bond donors (Lipinski definition) is 1. The second-order valence-electron chi connectivity index (χ2n) is 6.18. The summed E-state index contributed by atoms with van der Waals surface area (Å²) in [5.74, 6) is 0.907. The number of likely N-dealkylation sites (tertiary alicyclic amines) is 1. The number of piperidine rings is 1. The van der Waals surface area contributed by atoms with Gasteiger partial charge in [-0.1, -0.05) is 30.3 Å². The number of nitrogens with one attached hydrogen (secondary N) is 1. The van der Waals surface area contributed by atoms with Crippen LogP contribution in [0.5, 0.6) is 0 Å². The minimum Gasteiger partial charge on any atom is -0.366 e. The Bertz CT molecular complexity index is 604. The quantitative estimate of drug-likeness (QED) is 0.941. The third-order valence-corrected chi connectivity index (χ3v) is 4.42. The number of aromatic nitrogens is 2. The molecule has 1 aromatic carbocycles. The monoisotopic (exact) mass is 296 g/mol. The SMILES string of the molecule is Cc1cc(NC2CCN(Cc3ccccc3)CC2)nnc1C. The molecule has 0 spiro atoms. The summed E-state index contributed by atoms with van der Waals surface area (Å²) >= 11 is 0. The molecule has 4 nitrogen and oxygen atoms in total. The van der Waals surface area contributed by atoms with Crippen LogP contribution in [0, 0.1) is 13.8 Å². The van der Waals surface area contributed by atoms with Crippen LogP contribution in [-0.4, -0.2) is 34.2 Å². The smallest absolute Gasteiger partial charge is 0.149 e. The molecule has 0 bridgehead atoms. The van der Waals surface area contributed by atoms with Gasteiger partial charge in [0.15, 0.2) is 0 Å². The van der Waals surface area contributed by atoms with Crippen LogP contribution >= 0.6 is 0 Å². The Labute approximate surface area is 132 Å². The highest BCUT2D eigenvalue weighted by Crippen LogP contribution is 2.17. The molecule has 1 aromatic heterocycles. The highest BCUT2D eigenvalue weighted by molar-refractivity contribution is 5.38. The second kappa shape index (κ2) is 6.88. The summed E-state index contributed by atoms with van der Waals surface area (Å²) in [5.41, 5.74) is 3.59. The summed E-state index contributed by atoms with van der Waals surface area (Å²) in [6.45, 7) is 7.39. The van der Waals surface area contributed by atoms with E-state index in [1.54, 1.807) is 0 Å². The maximum Gasteiger partial charge on any atom is 0.149 e. The predicted molar refractivity (Wildman–Crippen MR) is 89.9 cm³/mol. The Kier molecular flexibility index (Phi) is 4.68. The van der Waals surface area contributed by atoms with Gasteiger partial charge in [0.1, 0.15) is 5.82 Å². The maximum absolute atomic E-state index is 4.25. The molecule has 2 aromatic rings. The van der Waals surface area contributed by atoms with Gasteiger partial charge in [-0.15, -0.1) is 5.10 Å². The zero-order valence-corrected chi connectivity index (χ0v) is 13.4. The molecule has 3 rings (SSSR count). The number of aryl methyl sites for hydroxylation is 2. The van der Waals surface area contributed by atoms with Crippen molar-refractivity contribution in [3.63, 3.8) is 0 Å². The zero-order chi connectivity index (χ0) is 15.4. The van der Waals surface area contributed by atoms with Gasteiger partial charge < -0.3 is 5.32 Å². The van der Waals surface area contributed by atoms with Gasteiger partial charge in [-0.05, 0) is 43.9 Å². The fraction of sp³-hybridized carbons (Fsp3) is 0.444. The summed E-state index contributed by atoms with van der Waals surface area (Å²) in [4.78, 5) is 2.53. The maximum atomic E-state index is 4.25. The third kappa shape index (κ3) is 3.83. The Morgan fingerprint density at radius 3 is 2.50 bits per heavy atom. The molecule has 0 aliphatic carbocycles. The standard InChI is InChI=1S/C18H24N4/c1-14-12-18(21-20-15(14)2)19-17-8-10-22(11-9-17)13-16-6-4-3-5-7-16/h3-7,12,17H,8-11,13H2,1-2H3,(H,19,21). The van der Waals surface area contributed by atoms with Crippen molar-refractivity contribution in [2.24, 2.45) is 0 Å². The van der Waals surface area contributed by atoms with E-state index in [0.717, 1.165) is 44.0 Å². The van der Waals surface area contributed by atoms with Crippen LogP contribution in [0.15, 0.2) is 36.4 Å². The van der Waals surface area contributed by atoms with Crippen molar-refractivity contribution in [1.82, 2.24) is 15.1 Å². The van der Waals surface area contributed by atoms with Gasteiger partial charge in [0.25, 0.3) is 0 Å². The lowest BCUT2D eigenvalue weighted by Gasteiger charge is -2.32. The minimum absolute atomic E-state index is 0.503. The van der Waals surface area contributed by atoms with Crippen molar-refractivity contribution >= 4 is 5.82 Å². The van der Waals surface area contributed by atoms with E-state index in [9.17, 15) is 0 Å². The van der Waals surface area contributed by atoms with Crippen molar-refractivity contribution in [3.05, 3.63) is 53.2 Å². The van der Waals surface area contributed by atoms with E-state index in [2.05, 4.69) is 63.7 Å². The molecular weight excluding hydrogens is 272 g/mol. The summed E-state index contributed by atoms with van der Waals surface area (Å²) in [7, 11) is 0. The molecule has 1 N–H and O–H groups in total. The molecule has 116 valence electrons. The van der Waals surface area contributed by atoms with Crippen LogP contribution in [0.1, 0.15) is 29.7 Å². The number of hydrogen-bond acceptors (Lipinski definition) is 4. The molecule has 2 heterocycles. The minimum atomic E-state index is 0.503. The molecule has 0 unspecified atom stereocenters. The molecule has 1 aliphatic rings. The van der Waals surface area contributed by atoms with Crippen molar-refractivity contribution in [1.29, 1.82) is 0 Å². The Morgan fingerprint density at radius 1 is 1.09 bits per heavy atom. The number of rotatable bonds is 4. The van der Waals surface area contributed by atoms with E-state index in [0.29, 0.717) is 6.04 Å². The molecule has 0 saturated carbocycles. The lowest BCUT2D eigenvalue weighted by Crippen LogP contribution is -2.38. The molecule has 0 amide bonds. The molecule has 1 aliphatic heterocycles. The van der Waals surface area contributed by atoms with Crippen molar-refractivity contribution in [2.45, 2.75) is 39.3 Å². The first-order valence-corrected chi connectivity index (χ1v) is 8.04. The van der Waals surface area contributed by atoms with Crippen LogP contribution in [0.3, 0.4) is 0 Å². The van der Waals surface area contributed by atoms with Gasteiger partial charge in [0.05, 0.1) is 5.69 Å². The van der Waals surface area contributed by atoms with Crippen LogP contribution in [-0.2, 0) is 6.54 Å². The van der Waals surface area contributed by atoms with Crippen molar-refractivity contribution < 1.29 is 0 Å². The number of nitrogens with zero attached hydrogens (tertiary/aromatic N) is 3. The molecule has 22 heavy (non-hydrogen) atoms. The highest BCUT2D eigenvalue weighted by Gasteiger charge is 2.19. The van der Waals surface area contributed by atoms with Gasteiger partial charge in [-0.25, -0.2) is 0 Å². The third-order valence-electron chi connectivity index (χ3n) is 4.42. The second-order valence-corrected chi connectivity index (χ2v) is 6.18. The van der Waals surface area contributed by atoms with E-state index in [4.69, 9.17) is 0 Å². The summed E-state index contributed by atoms with van der Waals surface area (Å²) < 4.78 is 0. The van der Waals surface area contributed by atoms with E-state index >= 15 is 0 Å². The van der Waals surface area contributed by atoms with E-state index < -0.39 is 0 Å². The molecule has 0 atom stereocenters. The fourth-order valence-corrected chi connectivity index (χ4v) is 2.90. The topological polar surface area (TPSA) is 41.0 Å². The average Bonchev–Trinajstić information content (AvgIpc) is 2.54. The van der Waals surface area contributed by atoms with Gasteiger partial charge in [-0.2, -0.15) is 5.10 Å². The molecule has 1 saturated heterocycles. The van der Waals surface area contributed by atoms with Gasteiger partial charge in [0.2, 0.25) is 0 Å². The summed E-state index contributed by atoms with van der Waals surface area (Å²) in [5, 5.41) is 12.0. The largest absolute Gasteiger partial charge is 0.366 e. The average molecular weight is 296 g/mol. The van der Waals surface area contributed by atoms with Crippen LogP contribution in [0.2, 0.25) is 0 Å². The Hall–Kier alpha value is -1.94. The molecule has 4 heteroatoms. The normalized spacial score (nSPS) is 16.6. The number of benzene rings is 1. The van der Waals surface area contributed by atoms with Crippen molar-refractivity contribution in [2.75, 3.05) is 18.4 Å².